The summed E-state index contributed by atoms with van der Waals surface area (Å²) in [6, 6.07) is 5.57. The third-order valence-corrected chi connectivity index (χ3v) is 2.99. The maximum Gasteiger partial charge on any atom is 0.253 e. The monoisotopic (exact) mass is 316 g/mol. The Morgan fingerprint density at radius 3 is 2.74 bits per heavy atom. The molecule has 2 aromatic rings. The van der Waals surface area contributed by atoms with E-state index >= 15 is 0 Å². The fraction of sp³-hybridized carbons (Fsp3) is 0.250. The molecular formula is C16H20N4O3. The Balaban J connectivity index is 0.000000816. The number of primary amides is 2. The van der Waals surface area contributed by atoms with Crippen molar-refractivity contribution < 1.29 is 14.7 Å². The predicted molar refractivity (Wildman–Crippen MR) is 89.8 cm³/mol. The third kappa shape index (κ3) is 4.76. The first-order chi connectivity index (χ1) is 11.1. The molecule has 0 unspecified atom stereocenters. The highest BCUT2D eigenvalue weighted by atomic mass is 16.2. The van der Waals surface area contributed by atoms with Crippen molar-refractivity contribution in [2.45, 2.75) is 12.8 Å². The molecule has 122 valence electrons. The first-order valence-electron chi connectivity index (χ1n) is 6.97. The summed E-state index contributed by atoms with van der Waals surface area (Å²) < 4.78 is 0. The lowest BCUT2D eigenvalue weighted by Gasteiger charge is -1.98. The first kappa shape index (κ1) is 18.1. The van der Waals surface area contributed by atoms with Crippen molar-refractivity contribution in [2.24, 2.45) is 11.5 Å². The fourth-order valence-electron chi connectivity index (χ4n) is 2.05. The van der Waals surface area contributed by atoms with Crippen LogP contribution in [-0.4, -0.2) is 36.1 Å². The minimum absolute atomic E-state index is 0.151. The van der Waals surface area contributed by atoms with Gasteiger partial charge < -0.3 is 26.9 Å². The number of nitrogens with two attached hydrogens (primary N) is 2. The fourth-order valence-corrected chi connectivity index (χ4v) is 2.05. The van der Waals surface area contributed by atoms with E-state index in [0.717, 1.165) is 16.5 Å². The van der Waals surface area contributed by atoms with Crippen LogP contribution in [0.4, 0.5) is 5.82 Å². The molecule has 0 radical (unpaired) electrons. The predicted octanol–water partition coefficient (Wildman–Crippen LogP) is 0.534. The van der Waals surface area contributed by atoms with Gasteiger partial charge in [-0.3, -0.25) is 9.59 Å². The van der Waals surface area contributed by atoms with Crippen LogP contribution >= 0.6 is 0 Å². The number of amides is 2. The number of anilines is 1. The van der Waals surface area contributed by atoms with E-state index in [-0.39, 0.29) is 13.0 Å². The number of aliphatic hydroxyl groups excluding tert-OH is 1. The molecule has 0 spiro atoms. The van der Waals surface area contributed by atoms with Crippen LogP contribution in [0.5, 0.6) is 0 Å². The third-order valence-electron chi connectivity index (χ3n) is 2.99. The molecule has 0 aliphatic carbocycles. The Kier molecular flexibility index (Phi) is 7.17. The molecule has 7 N–H and O–H groups in total. The standard InChI is InChI=1S/C15H17N3O2.CH3NO/c1-17-15-13(14(16)20)11-7-6-10(9-12(11)18-15)5-3-2-4-8-19;2-1-3/h6-7,9,17-19H,2,4,8H2,1H3,(H2,16,20);1H,(H2,2,3). The van der Waals surface area contributed by atoms with Gasteiger partial charge in [0.15, 0.2) is 0 Å². The van der Waals surface area contributed by atoms with E-state index in [1.54, 1.807) is 7.05 Å². The summed E-state index contributed by atoms with van der Waals surface area (Å²) in [5.74, 6) is 6.16. The van der Waals surface area contributed by atoms with Gasteiger partial charge in [-0.2, -0.15) is 0 Å². The quantitative estimate of drug-likeness (QED) is 0.319. The number of aliphatic hydroxyl groups is 1. The zero-order chi connectivity index (χ0) is 17.2. The molecule has 0 saturated carbocycles. The summed E-state index contributed by atoms with van der Waals surface area (Å²) in [4.78, 5) is 23.2. The lowest BCUT2D eigenvalue weighted by atomic mass is 10.1. The van der Waals surface area contributed by atoms with Gasteiger partial charge in [0, 0.05) is 36.5 Å². The Hall–Kier alpha value is -2.98. The van der Waals surface area contributed by atoms with E-state index in [1.165, 1.54) is 0 Å². The van der Waals surface area contributed by atoms with Gasteiger partial charge in [0.2, 0.25) is 6.41 Å². The molecule has 0 aliphatic heterocycles. The Morgan fingerprint density at radius 1 is 1.48 bits per heavy atom. The second-order valence-corrected chi connectivity index (χ2v) is 4.51. The van der Waals surface area contributed by atoms with E-state index in [9.17, 15) is 4.79 Å². The average Bonchev–Trinajstić information content (AvgIpc) is 2.90. The number of carbonyl (C=O) groups is 2. The number of aromatic nitrogens is 1. The topological polar surface area (TPSA) is 134 Å². The molecule has 2 amide bonds. The first-order valence-corrected chi connectivity index (χ1v) is 6.97. The van der Waals surface area contributed by atoms with E-state index in [4.69, 9.17) is 15.6 Å². The number of carbonyl (C=O) groups excluding carboxylic acids is 2. The van der Waals surface area contributed by atoms with Crippen LogP contribution in [0.15, 0.2) is 18.2 Å². The summed E-state index contributed by atoms with van der Waals surface area (Å²) in [5.41, 5.74) is 11.7. The van der Waals surface area contributed by atoms with Crippen molar-refractivity contribution in [3.63, 3.8) is 0 Å². The summed E-state index contributed by atoms with van der Waals surface area (Å²) in [7, 11) is 1.73. The van der Waals surface area contributed by atoms with Crippen molar-refractivity contribution in [1.29, 1.82) is 0 Å². The van der Waals surface area contributed by atoms with Gasteiger partial charge in [0.05, 0.1) is 5.56 Å². The molecule has 2 rings (SSSR count). The number of nitrogens with one attached hydrogen (secondary N) is 2. The van der Waals surface area contributed by atoms with Gasteiger partial charge >= 0.3 is 0 Å². The minimum atomic E-state index is -0.470. The number of unbranched alkanes of at least 4 members (excludes halogenated alkanes) is 1. The van der Waals surface area contributed by atoms with Crippen LogP contribution in [0.25, 0.3) is 10.9 Å². The summed E-state index contributed by atoms with van der Waals surface area (Å²) in [5, 5.41) is 12.4. The van der Waals surface area contributed by atoms with Crippen molar-refractivity contribution in [3.05, 3.63) is 29.3 Å². The van der Waals surface area contributed by atoms with E-state index in [0.29, 0.717) is 24.2 Å². The summed E-state index contributed by atoms with van der Waals surface area (Å²) in [6.45, 7) is 0.151. The second kappa shape index (κ2) is 9.12. The van der Waals surface area contributed by atoms with Crippen LogP contribution in [0.1, 0.15) is 28.8 Å². The molecule has 7 heteroatoms. The molecular weight excluding hydrogens is 296 g/mol. The van der Waals surface area contributed by atoms with E-state index in [1.807, 2.05) is 18.2 Å². The Labute approximate surface area is 134 Å². The molecule has 0 atom stereocenters. The van der Waals surface area contributed by atoms with Crippen LogP contribution in [0.2, 0.25) is 0 Å². The van der Waals surface area contributed by atoms with Gasteiger partial charge in [-0.15, -0.1) is 0 Å². The number of hydrogen-bond acceptors (Lipinski definition) is 4. The second-order valence-electron chi connectivity index (χ2n) is 4.51. The number of fused-ring (bicyclic) bond motifs is 1. The molecule has 1 aromatic carbocycles. The Morgan fingerprint density at radius 2 is 2.17 bits per heavy atom. The van der Waals surface area contributed by atoms with E-state index < -0.39 is 5.91 Å². The summed E-state index contributed by atoms with van der Waals surface area (Å²) >= 11 is 0. The van der Waals surface area contributed by atoms with Crippen molar-refractivity contribution >= 4 is 29.0 Å². The van der Waals surface area contributed by atoms with Crippen LogP contribution in [0.3, 0.4) is 0 Å². The van der Waals surface area contributed by atoms with Crippen LogP contribution < -0.4 is 16.8 Å². The minimum Gasteiger partial charge on any atom is -0.396 e. The number of rotatable bonds is 4. The number of benzene rings is 1. The van der Waals surface area contributed by atoms with Gasteiger partial charge in [-0.05, 0) is 18.6 Å². The zero-order valence-electron chi connectivity index (χ0n) is 12.8. The normalized spacial score (nSPS) is 9.30. The number of aromatic amines is 1. The molecule has 0 bridgehead atoms. The summed E-state index contributed by atoms with van der Waals surface area (Å²) in [6.07, 6.45) is 1.58. The van der Waals surface area contributed by atoms with Crippen molar-refractivity contribution in [2.75, 3.05) is 19.0 Å². The number of hydrogen-bond donors (Lipinski definition) is 5. The van der Waals surface area contributed by atoms with Crippen molar-refractivity contribution in [1.82, 2.24) is 4.98 Å². The lowest BCUT2D eigenvalue weighted by molar-refractivity contribution is -0.106. The molecule has 0 saturated heterocycles. The highest BCUT2D eigenvalue weighted by Crippen LogP contribution is 2.26. The molecule has 0 aliphatic rings. The molecule has 23 heavy (non-hydrogen) atoms. The molecule has 1 aromatic heterocycles. The SMILES string of the molecule is CNc1[nH]c2cc(C#CCCCO)ccc2c1C(N)=O.NC=O. The van der Waals surface area contributed by atoms with Gasteiger partial charge in [0.1, 0.15) is 5.82 Å². The maximum atomic E-state index is 11.5. The highest BCUT2D eigenvalue weighted by molar-refractivity contribution is 6.11. The molecule has 1 heterocycles. The van der Waals surface area contributed by atoms with Gasteiger partial charge in [0.25, 0.3) is 5.91 Å². The lowest BCUT2D eigenvalue weighted by Crippen LogP contribution is -2.12. The largest absolute Gasteiger partial charge is 0.396 e. The smallest absolute Gasteiger partial charge is 0.253 e. The van der Waals surface area contributed by atoms with Gasteiger partial charge in [-0.25, -0.2) is 0 Å². The molecule has 7 nitrogen and oxygen atoms in total. The van der Waals surface area contributed by atoms with Gasteiger partial charge in [-0.1, -0.05) is 17.9 Å². The number of H-pyrrole nitrogens is 1. The van der Waals surface area contributed by atoms with Crippen LogP contribution in [-0.2, 0) is 4.79 Å². The van der Waals surface area contributed by atoms with Crippen LogP contribution in [0, 0.1) is 11.8 Å². The highest BCUT2D eigenvalue weighted by Gasteiger charge is 2.15. The molecule has 0 fully saturated rings. The van der Waals surface area contributed by atoms with E-state index in [2.05, 4.69) is 27.9 Å². The van der Waals surface area contributed by atoms with Crippen molar-refractivity contribution in [3.8, 4) is 11.8 Å². The zero-order valence-corrected chi connectivity index (χ0v) is 12.8. The average molecular weight is 316 g/mol. The maximum absolute atomic E-state index is 11.5. The Bertz CT molecular complexity index is 741.